The van der Waals surface area contributed by atoms with Crippen LogP contribution in [-0.2, 0) is 20.8 Å². The van der Waals surface area contributed by atoms with Crippen LogP contribution in [0.25, 0.3) is 10.2 Å². The smallest absolute Gasteiger partial charge is 0.320 e. The number of hydrogen-bond acceptors (Lipinski definition) is 8. The predicted molar refractivity (Wildman–Crippen MR) is 98.4 cm³/mol. The van der Waals surface area contributed by atoms with Gasteiger partial charge in [-0.2, -0.15) is 4.98 Å². The van der Waals surface area contributed by atoms with Crippen molar-refractivity contribution in [2.24, 2.45) is 0 Å². The fourth-order valence-electron chi connectivity index (χ4n) is 2.75. The average molecular weight is 385 g/mol. The summed E-state index contributed by atoms with van der Waals surface area (Å²) >= 11 is 7.75. The van der Waals surface area contributed by atoms with Crippen LogP contribution in [0.5, 0.6) is 0 Å². The number of nitrogens with zero attached hydrogens (tertiary/aromatic N) is 4. The molecule has 0 bridgehead atoms. The van der Waals surface area contributed by atoms with Gasteiger partial charge in [-0.15, -0.1) is 11.3 Å². The highest BCUT2D eigenvalue weighted by Gasteiger charge is 2.19. The SMILES string of the molecule is CCOC(=O)CN(C)Cc1cc2nc(Cl)nc(N3CCOCC3)c2s1. The largest absolute Gasteiger partial charge is 0.465 e. The maximum atomic E-state index is 11.6. The molecule has 0 saturated carbocycles. The van der Waals surface area contributed by atoms with E-state index in [1.165, 1.54) is 0 Å². The molecule has 0 atom stereocenters. The summed E-state index contributed by atoms with van der Waals surface area (Å²) in [5, 5.41) is 0.248. The van der Waals surface area contributed by atoms with Crippen molar-refractivity contribution in [2.75, 3.05) is 51.4 Å². The number of thiophene rings is 1. The molecular formula is C16H21ClN4O3S. The van der Waals surface area contributed by atoms with Gasteiger partial charge in [-0.25, -0.2) is 4.98 Å². The highest BCUT2D eigenvalue weighted by molar-refractivity contribution is 7.19. The van der Waals surface area contributed by atoms with E-state index in [1.54, 1.807) is 18.3 Å². The first-order valence-electron chi connectivity index (χ1n) is 8.19. The van der Waals surface area contributed by atoms with Crippen LogP contribution in [0.3, 0.4) is 0 Å². The van der Waals surface area contributed by atoms with Crippen LogP contribution in [0, 0.1) is 0 Å². The number of halogens is 1. The molecule has 2 aromatic heterocycles. The van der Waals surface area contributed by atoms with E-state index in [1.807, 2.05) is 18.0 Å². The zero-order valence-corrected chi connectivity index (χ0v) is 15.9. The number of carbonyl (C=O) groups is 1. The second-order valence-electron chi connectivity index (χ2n) is 5.82. The highest BCUT2D eigenvalue weighted by atomic mass is 35.5. The molecule has 1 aliphatic heterocycles. The molecule has 2 aromatic rings. The van der Waals surface area contributed by atoms with Gasteiger partial charge in [0.1, 0.15) is 0 Å². The number of carbonyl (C=O) groups excluding carboxylic acids is 1. The summed E-state index contributed by atoms with van der Waals surface area (Å²) in [6, 6.07) is 2.01. The molecule has 0 unspecified atom stereocenters. The van der Waals surface area contributed by atoms with Crippen LogP contribution in [0.2, 0.25) is 5.28 Å². The van der Waals surface area contributed by atoms with E-state index in [9.17, 15) is 4.79 Å². The average Bonchev–Trinajstić information content (AvgIpc) is 2.96. The summed E-state index contributed by atoms with van der Waals surface area (Å²) < 4.78 is 11.4. The number of morpholine rings is 1. The summed E-state index contributed by atoms with van der Waals surface area (Å²) in [5.41, 5.74) is 0.839. The summed E-state index contributed by atoms with van der Waals surface area (Å²) in [6.07, 6.45) is 0. The molecule has 1 saturated heterocycles. The van der Waals surface area contributed by atoms with Gasteiger partial charge in [0.25, 0.3) is 0 Å². The first-order valence-corrected chi connectivity index (χ1v) is 9.39. The molecule has 136 valence electrons. The van der Waals surface area contributed by atoms with Crippen LogP contribution in [0.15, 0.2) is 6.07 Å². The van der Waals surface area contributed by atoms with Crippen LogP contribution < -0.4 is 4.90 Å². The van der Waals surface area contributed by atoms with Crippen molar-refractivity contribution in [3.8, 4) is 0 Å². The minimum absolute atomic E-state index is 0.219. The van der Waals surface area contributed by atoms with Gasteiger partial charge in [0.2, 0.25) is 5.28 Å². The topological polar surface area (TPSA) is 67.8 Å². The zero-order valence-electron chi connectivity index (χ0n) is 14.3. The fraction of sp³-hybridized carbons (Fsp3) is 0.562. The van der Waals surface area contributed by atoms with Gasteiger partial charge in [0.05, 0.1) is 36.6 Å². The standard InChI is InChI=1S/C16H21ClN4O3S/c1-3-24-13(22)10-20(2)9-11-8-12-14(25-11)15(19-16(17)18-12)21-4-6-23-7-5-21/h8H,3-7,9-10H2,1-2H3. The third-order valence-corrected chi connectivity index (χ3v) is 5.09. The van der Waals surface area contributed by atoms with E-state index in [-0.39, 0.29) is 17.8 Å². The van der Waals surface area contributed by atoms with E-state index >= 15 is 0 Å². The lowest BCUT2D eigenvalue weighted by atomic mass is 10.3. The van der Waals surface area contributed by atoms with Crippen LogP contribution in [0.4, 0.5) is 5.82 Å². The Bertz CT molecular complexity index is 748. The number of aromatic nitrogens is 2. The molecule has 9 heteroatoms. The molecule has 0 aromatic carbocycles. The number of rotatable bonds is 6. The van der Waals surface area contributed by atoms with Gasteiger partial charge in [-0.05, 0) is 31.6 Å². The molecule has 1 aliphatic rings. The molecule has 0 amide bonds. The Hall–Kier alpha value is -1.48. The molecule has 0 spiro atoms. The van der Waals surface area contributed by atoms with Crippen LogP contribution in [0.1, 0.15) is 11.8 Å². The molecule has 3 heterocycles. The maximum Gasteiger partial charge on any atom is 0.320 e. The third-order valence-electron chi connectivity index (χ3n) is 3.82. The number of fused-ring (bicyclic) bond motifs is 1. The van der Waals surface area contributed by atoms with Crippen molar-refractivity contribution in [3.63, 3.8) is 0 Å². The summed E-state index contributed by atoms with van der Waals surface area (Å²) in [6.45, 7) is 6.04. The predicted octanol–water partition coefficient (Wildman–Crippen LogP) is 2.18. The van der Waals surface area contributed by atoms with E-state index < -0.39 is 0 Å². The zero-order chi connectivity index (χ0) is 17.8. The van der Waals surface area contributed by atoms with Crippen molar-refractivity contribution in [2.45, 2.75) is 13.5 Å². The molecule has 25 heavy (non-hydrogen) atoms. The number of esters is 1. The number of ether oxygens (including phenoxy) is 2. The lowest BCUT2D eigenvalue weighted by molar-refractivity contribution is -0.144. The van der Waals surface area contributed by atoms with Crippen molar-refractivity contribution in [1.82, 2.24) is 14.9 Å². The number of anilines is 1. The second-order valence-corrected chi connectivity index (χ2v) is 7.29. The first-order chi connectivity index (χ1) is 12.1. The number of likely N-dealkylation sites (N-methyl/N-ethyl adjacent to an activating group) is 1. The minimum atomic E-state index is -0.219. The van der Waals surface area contributed by atoms with E-state index in [4.69, 9.17) is 21.1 Å². The maximum absolute atomic E-state index is 11.6. The number of hydrogen-bond donors (Lipinski definition) is 0. The lowest BCUT2D eigenvalue weighted by Crippen LogP contribution is -2.36. The monoisotopic (exact) mass is 384 g/mol. The van der Waals surface area contributed by atoms with E-state index in [2.05, 4.69) is 14.9 Å². The molecule has 7 nitrogen and oxygen atoms in total. The van der Waals surface area contributed by atoms with Crippen molar-refractivity contribution >= 4 is 44.9 Å². The van der Waals surface area contributed by atoms with Crippen molar-refractivity contribution in [3.05, 3.63) is 16.2 Å². The minimum Gasteiger partial charge on any atom is -0.465 e. The van der Waals surface area contributed by atoms with Crippen LogP contribution >= 0.6 is 22.9 Å². The Balaban J connectivity index is 1.80. The summed E-state index contributed by atoms with van der Waals surface area (Å²) in [4.78, 5) is 25.6. The Morgan fingerprint density at radius 1 is 1.44 bits per heavy atom. The molecule has 0 aliphatic carbocycles. The summed E-state index contributed by atoms with van der Waals surface area (Å²) in [7, 11) is 1.89. The Morgan fingerprint density at radius 2 is 2.20 bits per heavy atom. The third kappa shape index (κ3) is 4.58. The lowest BCUT2D eigenvalue weighted by Gasteiger charge is -2.28. The normalized spacial score (nSPS) is 15.1. The van der Waals surface area contributed by atoms with Gasteiger partial charge in [-0.1, -0.05) is 0 Å². The molecule has 1 fully saturated rings. The van der Waals surface area contributed by atoms with Crippen molar-refractivity contribution in [1.29, 1.82) is 0 Å². The Kier molecular flexibility index (Phi) is 6.06. The quantitative estimate of drug-likeness (QED) is 0.558. The van der Waals surface area contributed by atoms with E-state index in [0.717, 1.165) is 34.0 Å². The van der Waals surface area contributed by atoms with Gasteiger partial charge >= 0.3 is 5.97 Å². The Labute approximate surface area is 155 Å². The van der Waals surface area contributed by atoms with Gasteiger partial charge in [0, 0.05) is 24.5 Å². The molecule has 3 rings (SSSR count). The molecule has 0 N–H and O–H groups in total. The second kappa shape index (κ2) is 8.27. The van der Waals surface area contributed by atoms with Crippen LogP contribution in [-0.4, -0.2) is 67.3 Å². The van der Waals surface area contributed by atoms with Gasteiger partial charge in [-0.3, -0.25) is 9.69 Å². The van der Waals surface area contributed by atoms with Gasteiger partial charge in [0.15, 0.2) is 5.82 Å². The molecule has 0 radical (unpaired) electrons. The van der Waals surface area contributed by atoms with Crippen molar-refractivity contribution < 1.29 is 14.3 Å². The first kappa shape index (κ1) is 18.3. The van der Waals surface area contributed by atoms with Gasteiger partial charge < -0.3 is 14.4 Å². The highest BCUT2D eigenvalue weighted by Crippen LogP contribution is 2.33. The summed E-state index contributed by atoms with van der Waals surface area (Å²) in [5.74, 6) is 0.644. The Morgan fingerprint density at radius 3 is 2.92 bits per heavy atom. The molecular weight excluding hydrogens is 364 g/mol. The van der Waals surface area contributed by atoms with E-state index in [0.29, 0.717) is 26.4 Å². The fourth-order valence-corrected chi connectivity index (χ4v) is 4.12.